The van der Waals surface area contributed by atoms with Gasteiger partial charge in [0.15, 0.2) is 0 Å². The Labute approximate surface area is 201 Å². The molecule has 7 nitrogen and oxygen atoms in total. The number of alkyl carbamates (subject to hydrolysis) is 1. The van der Waals surface area contributed by atoms with Crippen LogP contribution < -0.4 is 10.6 Å². The van der Waals surface area contributed by atoms with Crippen molar-refractivity contribution in [3.8, 4) is 11.1 Å². The highest BCUT2D eigenvalue weighted by Gasteiger charge is 2.38. The van der Waals surface area contributed by atoms with Crippen molar-refractivity contribution in [1.29, 1.82) is 0 Å². The van der Waals surface area contributed by atoms with Crippen molar-refractivity contribution in [2.24, 2.45) is 0 Å². The van der Waals surface area contributed by atoms with E-state index in [9.17, 15) is 23.2 Å². The quantitative estimate of drug-likeness (QED) is 0.511. The number of ether oxygens (including phenoxy) is 1. The van der Waals surface area contributed by atoms with E-state index in [4.69, 9.17) is 9.84 Å². The molecule has 2 atom stereocenters. The van der Waals surface area contributed by atoms with Gasteiger partial charge in [0.05, 0.1) is 0 Å². The third-order valence-electron chi connectivity index (χ3n) is 6.59. The summed E-state index contributed by atoms with van der Waals surface area (Å²) >= 11 is 0. The summed E-state index contributed by atoms with van der Waals surface area (Å²) < 4.78 is 32.9. The fourth-order valence-corrected chi connectivity index (χ4v) is 4.92. The number of carbonyl (C=O) groups excluding carboxylic acids is 2. The summed E-state index contributed by atoms with van der Waals surface area (Å²) in [5, 5.41) is 14.0. The minimum absolute atomic E-state index is 0.0297. The van der Waals surface area contributed by atoms with E-state index >= 15 is 0 Å². The van der Waals surface area contributed by atoms with Crippen LogP contribution in [0.2, 0.25) is 0 Å². The number of hydrogen-bond acceptors (Lipinski definition) is 4. The molecule has 0 saturated heterocycles. The predicted molar refractivity (Wildman–Crippen MR) is 124 cm³/mol. The fourth-order valence-electron chi connectivity index (χ4n) is 4.92. The monoisotopic (exact) mass is 486 g/mol. The number of fused-ring (bicyclic) bond motifs is 3. The Morgan fingerprint density at radius 2 is 1.69 bits per heavy atom. The zero-order valence-electron chi connectivity index (χ0n) is 19.1. The van der Waals surface area contributed by atoms with Crippen molar-refractivity contribution in [1.82, 2.24) is 10.6 Å². The summed E-state index contributed by atoms with van der Waals surface area (Å²) in [5.74, 6) is -4.86. The molecule has 2 aliphatic carbocycles. The van der Waals surface area contributed by atoms with Gasteiger partial charge in [-0.3, -0.25) is 9.59 Å². The van der Waals surface area contributed by atoms with Crippen LogP contribution in [0, 0.1) is 0 Å². The molecule has 2 unspecified atom stereocenters. The van der Waals surface area contributed by atoms with E-state index in [1.165, 1.54) is 0 Å². The molecule has 186 valence electrons. The van der Waals surface area contributed by atoms with Crippen LogP contribution in [0.1, 0.15) is 55.6 Å². The molecule has 2 aliphatic rings. The lowest BCUT2D eigenvalue weighted by Crippen LogP contribution is -2.51. The van der Waals surface area contributed by atoms with Gasteiger partial charge in [0.25, 0.3) is 0 Å². The molecule has 2 amide bonds. The van der Waals surface area contributed by atoms with Gasteiger partial charge < -0.3 is 20.5 Å². The summed E-state index contributed by atoms with van der Waals surface area (Å²) in [6, 6.07) is 13.7. The molecular formula is C26H28F2N2O5. The highest BCUT2D eigenvalue weighted by atomic mass is 19.3. The number of nitrogens with one attached hydrogen (secondary N) is 2. The largest absolute Gasteiger partial charge is 0.481 e. The lowest BCUT2D eigenvalue weighted by Gasteiger charge is -2.30. The number of amides is 2. The third-order valence-corrected chi connectivity index (χ3v) is 6.59. The second kappa shape index (κ2) is 10.4. The molecule has 9 heteroatoms. The molecule has 2 aromatic carbocycles. The van der Waals surface area contributed by atoms with Gasteiger partial charge >= 0.3 is 12.1 Å². The number of hydrogen-bond donors (Lipinski definition) is 3. The van der Waals surface area contributed by atoms with E-state index in [1.807, 2.05) is 48.5 Å². The standard InChI is InChI=1S/C26H28F2N2O5/c27-26(28)13-5-6-16(14-26)29-24(33)22(11-12-23(31)32)30-25(34)35-15-21-19-9-3-1-7-17(19)18-8-2-4-10-20(18)21/h1-4,7-10,16,21-22H,5-6,11-15H2,(H,29,33)(H,30,34)(H,31,32). The molecule has 0 aromatic heterocycles. The second-order valence-corrected chi connectivity index (χ2v) is 9.11. The third kappa shape index (κ3) is 5.96. The van der Waals surface area contributed by atoms with Crippen LogP contribution in [0.4, 0.5) is 13.6 Å². The molecule has 4 rings (SSSR count). The molecule has 1 fully saturated rings. The summed E-state index contributed by atoms with van der Waals surface area (Å²) in [7, 11) is 0. The molecule has 0 heterocycles. The molecule has 0 aliphatic heterocycles. The molecule has 35 heavy (non-hydrogen) atoms. The van der Waals surface area contributed by atoms with Crippen LogP contribution in [0.25, 0.3) is 11.1 Å². The maximum atomic E-state index is 13.7. The van der Waals surface area contributed by atoms with E-state index in [1.54, 1.807) is 0 Å². The molecule has 0 radical (unpaired) electrons. The number of halogens is 2. The first-order chi connectivity index (χ1) is 16.7. The zero-order chi connectivity index (χ0) is 25.0. The number of aliphatic carboxylic acids is 1. The van der Waals surface area contributed by atoms with E-state index in [-0.39, 0.29) is 38.2 Å². The van der Waals surface area contributed by atoms with Crippen molar-refractivity contribution >= 4 is 18.0 Å². The summed E-state index contributed by atoms with van der Waals surface area (Å²) in [4.78, 5) is 36.4. The highest BCUT2D eigenvalue weighted by molar-refractivity contribution is 5.86. The number of rotatable bonds is 8. The topological polar surface area (TPSA) is 105 Å². The second-order valence-electron chi connectivity index (χ2n) is 9.11. The maximum absolute atomic E-state index is 13.7. The maximum Gasteiger partial charge on any atom is 0.407 e. The van der Waals surface area contributed by atoms with Crippen molar-refractivity contribution in [2.45, 2.75) is 62.4 Å². The first kappa shape index (κ1) is 24.6. The van der Waals surface area contributed by atoms with Gasteiger partial charge in [-0.2, -0.15) is 0 Å². The molecule has 2 aromatic rings. The van der Waals surface area contributed by atoms with Gasteiger partial charge in [-0.1, -0.05) is 48.5 Å². The molecule has 0 spiro atoms. The SMILES string of the molecule is O=C(O)CCC(NC(=O)OCC1c2ccccc2-c2ccccc21)C(=O)NC1CCCC(F)(F)C1. The van der Waals surface area contributed by atoms with E-state index in [0.29, 0.717) is 6.42 Å². The van der Waals surface area contributed by atoms with E-state index < -0.39 is 42.4 Å². The number of carbonyl (C=O) groups is 3. The molecule has 1 saturated carbocycles. The minimum Gasteiger partial charge on any atom is -0.481 e. The Hall–Kier alpha value is -3.49. The van der Waals surface area contributed by atoms with Gasteiger partial charge in [0.2, 0.25) is 11.8 Å². The minimum atomic E-state index is -2.85. The number of carboxylic acid groups (broad SMARTS) is 1. The van der Waals surface area contributed by atoms with Gasteiger partial charge in [-0.05, 0) is 41.5 Å². The summed E-state index contributed by atoms with van der Waals surface area (Å²) in [6.07, 6.45) is -1.45. The van der Waals surface area contributed by atoms with Gasteiger partial charge in [-0.25, -0.2) is 13.6 Å². The normalized spacial score (nSPS) is 19.2. The number of carboxylic acids is 1. The molecular weight excluding hydrogens is 458 g/mol. The highest BCUT2D eigenvalue weighted by Crippen LogP contribution is 2.44. The van der Waals surface area contributed by atoms with Crippen LogP contribution in [0.3, 0.4) is 0 Å². The van der Waals surface area contributed by atoms with Crippen LogP contribution in [0.5, 0.6) is 0 Å². The smallest absolute Gasteiger partial charge is 0.407 e. The van der Waals surface area contributed by atoms with Crippen LogP contribution in [0.15, 0.2) is 48.5 Å². The Morgan fingerprint density at radius 3 is 2.29 bits per heavy atom. The molecule has 0 bridgehead atoms. The van der Waals surface area contributed by atoms with Crippen molar-refractivity contribution < 1.29 is 33.0 Å². The Bertz CT molecular complexity index is 1060. The van der Waals surface area contributed by atoms with E-state index in [2.05, 4.69) is 10.6 Å². The first-order valence-corrected chi connectivity index (χ1v) is 11.7. The van der Waals surface area contributed by atoms with Gasteiger partial charge in [0, 0.05) is 31.2 Å². The van der Waals surface area contributed by atoms with Crippen LogP contribution in [-0.2, 0) is 14.3 Å². The van der Waals surface area contributed by atoms with Crippen LogP contribution >= 0.6 is 0 Å². The predicted octanol–water partition coefficient (Wildman–Crippen LogP) is 4.45. The van der Waals surface area contributed by atoms with Crippen molar-refractivity contribution in [2.75, 3.05) is 6.61 Å². The Kier molecular flexibility index (Phi) is 7.33. The Morgan fingerprint density at radius 1 is 1.06 bits per heavy atom. The van der Waals surface area contributed by atoms with Crippen LogP contribution in [-0.4, -0.2) is 47.7 Å². The molecule has 3 N–H and O–H groups in total. The fraction of sp³-hybridized carbons (Fsp3) is 0.423. The van der Waals surface area contributed by atoms with Gasteiger partial charge in [0.1, 0.15) is 12.6 Å². The lowest BCUT2D eigenvalue weighted by molar-refractivity contribution is -0.137. The summed E-state index contributed by atoms with van der Waals surface area (Å²) in [6.45, 7) is 0.0297. The number of benzene rings is 2. The zero-order valence-corrected chi connectivity index (χ0v) is 19.1. The Balaban J connectivity index is 1.39. The van der Waals surface area contributed by atoms with E-state index in [0.717, 1.165) is 22.3 Å². The van der Waals surface area contributed by atoms with Gasteiger partial charge in [-0.15, -0.1) is 0 Å². The first-order valence-electron chi connectivity index (χ1n) is 11.7. The van der Waals surface area contributed by atoms with Crippen molar-refractivity contribution in [3.63, 3.8) is 0 Å². The lowest BCUT2D eigenvalue weighted by atomic mass is 9.92. The summed E-state index contributed by atoms with van der Waals surface area (Å²) in [5.41, 5.74) is 4.19. The average Bonchev–Trinajstić information content (AvgIpc) is 3.13. The number of alkyl halides is 2. The van der Waals surface area contributed by atoms with Crippen molar-refractivity contribution in [3.05, 3.63) is 59.7 Å². The average molecular weight is 487 g/mol.